The number of unbranched alkanes of at least 4 members (excludes halogenated alkanes) is 1. The Bertz CT molecular complexity index is 1140. The predicted molar refractivity (Wildman–Crippen MR) is 110 cm³/mol. The zero-order valence-corrected chi connectivity index (χ0v) is 16.8. The molecule has 0 atom stereocenters. The van der Waals surface area contributed by atoms with E-state index in [4.69, 9.17) is 0 Å². The molecule has 2 aromatic carbocycles. The summed E-state index contributed by atoms with van der Waals surface area (Å²) >= 11 is 0. The fourth-order valence-electron chi connectivity index (χ4n) is 2.95. The SMILES string of the molecule is O=C(CCCCNS(=O)(=O)c1ccccc1[N+](=O)[O-])c1nccn1-c1ccccc1. The largest absolute Gasteiger partial charge is 0.297 e. The molecular weight excluding hydrogens is 408 g/mol. The average molecular weight is 428 g/mol. The van der Waals surface area contributed by atoms with E-state index in [0.29, 0.717) is 18.7 Å². The second-order valence-electron chi connectivity index (χ2n) is 6.46. The number of carbonyl (C=O) groups excluding carboxylic acids is 1. The van der Waals surface area contributed by atoms with Gasteiger partial charge in [0.25, 0.3) is 5.69 Å². The summed E-state index contributed by atoms with van der Waals surface area (Å²) in [7, 11) is -4.02. The number of ketones is 1. The zero-order valence-electron chi connectivity index (χ0n) is 16.0. The van der Waals surface area contributed by atoms with Crippen LogP contribution in [0.3, 0.4) is 0 Å². The first kappa shape index (κ1) is 21.3. The molecule has 0 unspecified atom stereocenters. The van der Waals surface area contributed by atoms with Gasteiger partial charge in [-0.3, -0.25) is 19.5 Å². The van der Waals surface area contributed by atoms with Gasteiger partial charge in [-0.05, 0) is 31.0 Å². The van der Waals surface area contributed by atoms with Crippen LogP contribution < -0.4 is 4.72 Å². The van der Waals surface area contributed by atoms with E-state index >= 15 is 0 Å². The highest BCUT2D eigenvalue weighted by atomic mass is 32.2. The van der Waals surface area contributed by atoms with Crippen molar-refractivity contribution in [1.29, 1.82) is 0 Å². The highest BCUT2D eigenvalue weighted by molar-refractivity contribution is 7.89. The molecule has 0 aliphatic heterocycles. The van der Waals surface area contributed by atoms with Gasteiger partial charge in [0.15, 0.2) is 16.5 Å². The fraction of sp³-hybridized carbons (Fsp3) is 0.200. The van der Waals surface area contributed by atoms with Gasteiger partial charge in [-0.15, -0.1) is 0 Å². The van der Waals surface area contributed by atoms with Crippen LogP contribution in [0.4, 0.5) is 5.69 Å². The molecule has 0 spiro atoms. The van der Waals surface area contributed by atoms with Crippen LogP contribution in [-0.2, 0) is 10.0 Å². The number of nitrogens with zero attached hydrogens (tertiary/aromatic N) is 3. The number of nitro benzene ring substituents is 1. The van der Waals surface area contributed by atoms with Crippen LogP contribution in [0.15, 0.2) is 71.9 Å². The summed E-state index contributed by atoms with van der Waals surface area (Å²) in [6.07, 6.45) is 4.32. The second kappa shape index (κ2) is 9.42. The van der Waals surface area contributed by atoms with Crippen LogP contribution in [0.2, 0.25) is 0 Å². The van der Waals surface area contributed by atoms with E-state index < -0.39 is 20.6 Å². The normalized spacial score (nSPS) is 11.3. The molecule has 1 aromatic heterocycles. The number of hydrogen-bond donors (Lipinski definition) is 1. The molecule has 1 heterocycles. The second-order valence-corrected chi connectivity index (χ2v) is 8.19. The molecule has 3 rings (SSSR count). The number of Topliss-reactive ketones (excluding diaryl/α,β-unsaturated/α-hetero) is 1. The van der Waals surface area contributed by atoms with Gasteiger partial charge in [-0.1, -0.05) is 30.3 Å². The van der Waals surface area contributed by atoms with Crippen molar-refractivity contribution in [3.05, 3.63) is 82.9 Å². The van der Waals surface area contributed by atoms with Crippen LogP contribution in [0.1, 0.15) is 29.9 Å². The van der Waals surface area contributed by atoms with E-state index in [1.54, 1.807) is 17.0 Å². The number of hydrogen-bond acceptors (Lipinski definition) is 6. The number of carbonyl (C=O) groups is 1. The average Bonchev–Trinajstić information content (AvgIpc) is 3.24. The highest BCUT2D eigenvalue weighted by Gasteiger charge is 2.24. The fourth-order valence-corrected chi connectivity index (χ4v) is 4.19. The summed E-state index contributed by atoms with van der Waals surface area (Å²) in [4.78, 5) is 26.6. The molecule has 0 saturated carbocycles. The molecule has 0 aliphatic rings. The first-order chi connectivity index (χ1) is 14.4. The van der Waals surface area contributed by atoms with Gasteiger partial charge in [0.2, 0.25) is 10.0 Å². The van der Waals surface area contributed by atoms with E-state index in [1.165, 1.54) is 18.2 Å². The van der Waals surface area contributed by atoms with Crippen LogP contribution in [0, 0.1) is 10.1 Å². The van der Waals surface area contributed by atoms with Crippen molar-refractivity contribution < 1.29 is 18.1 Å². The molecule has 156 valence electrons. The minimum atomic E-state index is -4.02. The molecule has 0 fully saturated rings. The van der Waals surface area contributed by atoms with Crippen molar-refractivity contribution >= 4 is 21.5 Å². The van der Waals surface area contributed by atoms with Crippen LogP contribution in [0.5, 0.6) is 0 Å². The predicted octanol–water partition coefficient (Wildman–Crippen LogP) is 3.11. The maximum absolute atomic E-state index is 12.5. The van der Waals surface area contributed by atoms with Crippen molar-refractivity contribution in [3.63, 3.8) is 0 Å². The van der Waals surface area contributed by atoms with Crippen molar-refractivity contribution in [3.8, 4) is 5.69 Å². The number of rotatable bonds is 10. The molecule has 0 bridgehead atoms. The first-order valence-corrected chi connectivity index (χ1v) is 10.7. The maximum atomic E-state index is 12.5. The lowest BCUT2D eigenvalue weighted by molar-refractivity contribution is -0.387. The summed E-state index contributed by atoms with van der Waals surface area (Å²) in [5.74, 6) is 0.173. The third kappa shape index (κ3) is 4.97. The Balaban J connectivity index is 1.53. The lowest BCUT2D eigenvalue weighted by Crippen LogP contribution is -2.25. The number of nitro groups is 1. The smallest absolute Gasteiger partial charge is 0.289 e. The van der Waals surface area contributed by atoms with Crippen molar-refractivity contribution in [2.75, 3.05) is 6.54 Å². The molecule has 1 N–H and O–H groups in total. The van der Waals surface area contributed by atoms with Gasteiger partial charge in [0.1, 0.15) is 0 Å². The molecule has 0 aliphatic carbocycles. The summed E-state index contributed by atoms with van der Waals surface area (Å²) in [5, 5.41) is 11.0. The van der Waals surface area contributed by atoms with Crippen LogP contribution in [0.25, 0.3) is 5.69 Å². The molecule has 30 heavy (non-hydrogen) atoms. The monoisotopic (exact) mass is 428 g/mol. The Morgan fingerprint density at radius 1 is 1.07 bits per heavy atom. The molecule has 0 saturated heterocycles. The molecule has 0 radical (unpaired) electrons. The summed E-state index contributed by atoms with van der Waals surface area (Å²) in [5.41, 5.74) is 0.350. The molecule has 9 nitrogen and oxygen atoms in total. The Morgan fingerprint density at radius 3 is 2.50 bits per heavy atom. The third-order valence-electron chi connectivity index (χ3n) is 4.40. The van der Waals surface area contributed by atoms with E-state index in [2.05, 4.69) is 9.71 Å². The minimum absolute atomic E-state index is 0.0643. The number of sulfonamides is 1. The van der Waals surface area contributed by atoms with Gasteiger partial charge < -0.3 is 0 Å². The summed E-state index contributed by atoms with van der Waals surface area (Å²) < 4.78 is 28.8. The quantitative estimate of drug-likeness (QED) is 0.229. The van der Waals surface area contributed by atoms with Crippen LogP contribution in [-0.4, -0.2) is 35.2 Å². The highest BCUT2D eigenvalue weighted by Crippen LogP contribution is 2.22. The Morgan fingerprint density at radius 2 is 1.77 bits per heavy atom. The lowest BCUT2D eigenvalue weighted by Gasteiger charge is -2.08. The van der Waals surface area contributed by atoms with Gasteiger partial charge in [0, 0.05) is 37.1 Å². The van der Waals surface area contributed by atoms with E-state index in [9.17, 15) is 23.3 Å². The molecule has 10 heteroatoms. The Kier molecular flexibility index (Phi) is 6.70. The van der Waals surface area contributed by atoms with Crippen molar-refractivity contribution in [2.45, 2.75) is 24.2 Å². The van der Waals surface area contributed by atoms with E-state index in [1.807, 2.05) is 30.3 Å². The van der Waals surface area contributed by atoms with Gasteiger partial charge in [0.05, 0.1) is 4.92 Å². The maximum Gasteiger partial charge on any atom is 0.289 e. The number of aromatic nitrogens is 2. The lowest BCUT2D eigenvalue weighted by atomic mass is 10.1. The zero-order chi connectivity index (χ0) is 21.6. The molecular formula is C20H20N4O5S. The number of benzene rings is 2. The van der Waals surface area contributed by atoms with Gasteiger partial charge >= 0.3 is 0 Å². The standard InChI is InChI=1S/C20H20N4O5S/c25-18(20-21-14-15-23(20)16-8-2-1-3-9-16)11-6-7-13-22-30(28,29)19-12-5-4-10-17(19)24(26)27/h1-5,8-10,12,14-15,22H,6-7,11,13H2. The van der Waals surface area contributed by atoms with Crippen LogP contribution >= 0.6 is 0 Å². The minimum Gasteiger partial charge on any atom is -0.297 e. The Hall–Kier alpha value is -3.37. The summed E-state index contributed by atoms with van der Waals surface area (Å²) in [6.45, 7) is 0.0643. The third-order valence-corrected chi connectivity index (χ3v) is 5.91. The summed E-state index contributed by atoms with van der Waals surface area (Å²) in [6, 6.07) is 14.5. The van der Waals surface area contributed by atoms with Crippen molar-refractivity contribution in [2.24, 2.45) is 0 Å². The van der Waals surface area contributed by atoms with Gasteiger partial charge in [-0.2, -0.15) is 0 Å². The van der Waals surface area contributed by atoms with E-state index in [-0.39, 0.29) is 23.6 Å². The topological polar surface area (TPSA) is 124 Å². The van der Waals surface area contributed by atoms with E-state index in [0.717, 1.165) is 11.8 Å². The van der Waals surface area contributed by atoms with Gasteiger partial charge in [-0.25, -0.2) is 18.1 Å². The number of para-hydroxylation sites is 2. The first-order valence-electron chi connectivity index (χ1n) is 9.25. The van der Waals surface area contributed by atoms with Crippen molar-refractivity contribution in [1.82, 2.24) is 14.3 Å². The molecule has 3 aromatic rings. The Labute approximate surface area is 173 Å². The number of imidazole rings is 1. The number of nitrogens with one attached hydrogen (secondary N) is 1. The molecule has 0 amide bonds.